The average Bonchev–Trinajstić information content (AvgIpc) is 3.23. The summed E-state index contributed by atoms with van der Waals surface area (Å²) >= 11 is 0. The first-order valence-corrected chi connectivity index (χ1v) is 7.51. The number of nitrogens with zero attached hydrogens (tertiary/aromatic N) is 5. The summed E-state index contributed by atoms with van der Waals surface area (Å²) in [6.07, 6.45) is -3.30. The maximum absolute atomic E-state index is 12.6. The Morgan fingerprint density at radius 3 is 2.92 bits per heavy atom. The first-order valence-electron chi connectivity index (χ1n) is 7.51. The molecule has 0 aromatic carbocycles. The molecule has 1 amide bonds. The van der Waals surface area contributed by atoms with E-state index in [2.05, 4.69) is 15.2 Å². The van der Waals surface area contributed by atoms with Crippen molar-refractivity contribution in [3.05, 3.63) is 29.7 Å². The summed E-state index contributed by atoms with van der Waals surface area (Å²) in [5, 5.41) is 7.68. The Labute approximate surface area is 135 Å². The van der Waals surface area contributed by atoms with E-state index in [0.29, 0.717) is 31.2 Å². The molecule has 0 bridgehead atoms. The molecule has 10 heteroatoms. The van der Waals surface area contributed by atoms with Crippen LogP contribution in [0.5, 0.6) is 0 Å². The van der Waals surface area contributed by atoms with E-state index in [4.69, 9.17) is 4.52 Å². The van der Waals surface area contributed by atoms with Crippen molar-refractivity contribution in [2.75, 3.05) is 13.1 Å². The number of likely N-dealkylation sites (tertiary alicyclic amines) is 1. The third-order valence-corrected chi connectivity index (χ3v) is 3.93. The van der Waals surface area contributed by atoms with E-state index < -0.39 is 12.6 Å². The lowest BCUT2D eigenvalue weighted by atomic mass is 10.1. The van der Waals surface area contributed by atoms with Crippen molar-refractivity contribution in [1.29, 1.82) is 0 Å². The van der Waals surface area contributed by atoms with Gasteiger partial charge in [0, 0.05) is 32.1 Å². The molecule has 1 aliphatic heterocycles. The predicted octanol–water partition coefficient (Wildman–Crippen LogP) is 2.16. The predicted molar refractivity (Wildman–Crippen MR) is 75.2 cm³/mol. The van der Waals surface area contributed by atoms with Crippen LogP contribution in [-0.4, -0.2) is 50.0 Å². The van der Waals surface area contributed by atoms with Gasteiger partial charge < -0.3 is 9.42 Å². The van der Waals surface area contributed by atoms with E-state index in [1.165, 1.54) is 12.3 Å². The van der Waals surface area contributed by atoms with Gasteiger partial charge in [-0.15, -0.1) is 0 Å². The number of hydrogen-bond acceptors (Lipinski definition) is 5. The molecule has 1 aliphatic rings. The van der Waals surface area contributed by atoms with Crippen LogP contribution in [0.2, 0.25) is 0 Å². The molecular weight excluding hydrogens is 327 g/mol. The molecule has 2 aromatic rings. The molecule has 0 N–H and O–H groups in total. The topological polar surface area (TPSA) is 77.1 Å². The molecule has 7 nitrogen and oxygen atoms in total. The highest BCUT2D eigenvalue weighted by atomic mass is 19.4. The lowest BCUT2D eigenvalue weighted by Crippen LogP contribution is -2.31. The molecule has 130 valence electrons. The Bertz CT molecular complexity index is 724. The first kappa shape index (κ1) is 16.5. The van der Waals surface area contributed by atoms with Crippen molar-refractivity contribution in [2.24, 2.45) is 0 Å². The molecule has 0 radical (unpaired) electrons. The van der Waals surface area contributed by atoms with Gasteiger partial charge in [0.05, 0.1) is 13.0 Å². The average molecular weight is 343 g/mol. The second kappa shape index (κ2) is 6.25. The van der Waals surface area contributed by atoms with Crippen LogP contribution in [0.4, 0.5) is 13.2 Å². The van der Waals surface area contributed by atoms with Crippen molar-refractivity contribution in [3.63, 3.8) is 0 Å². The second-order valence-electron chi connectivity index (χ2n) is 5.71. The van der Waals surface area contributed by atoms with Gasteiger partial charge in [-0.05, 0) is 12.5 Å². The van der Waals surface area contributed by atoms with E-state index in [9.17, 15) is 18.0 Å². The summed E-state index contributed by atoms with van der Waals surface area (Å²) in [5.41, 5.74) is 0.157. The van der Waals surface area contributed by atoms with Crippen molar-refractivity contribution >= 4 is 5.91 Å². The number of carbonyl (C=O) groups is 1. The summed E-state index contributed by atoms with van der Waals surface area (Å²) in [6, 6.07) is 1.44. The monoisotopic (exact) mass is 343 g/mol. The molecular formula is C14H16F3N5O2. The number of amides is 1. The Hall–Kier alpha value is -2.39. The number of aromatic nitrogens is 4. The molecule has 3 heterocycles. The minimum absolute atomic E-state index is 0.0297. The van der Waals surface area contributed by atoms with E-state index in [1.54, 1.807) is 11.8 Å². The van der Waals surface area contributed by atoms with Gasteiger partial charge in [0.25, 0.3) is 5.91 Å². The highest BCUT2D eigenvalue weighted by molar-refractivity contribution is 5.92. The van der Waals surface area contributed by atoms with Gasteiger partial charge in [-0.1, -0.05) is 5.16 Å². The third kappa shape index (κ3) is 3.57. The molecule has 1 unspecified atom stereocenters. The minimum atomic E-state index is -4.29. The van der Waals surface area contributed by atoms with E-state index in [-0.39, 0.29) is 24.1 Å². The summed E-state index contributed by atoms with van der Waals surface area (Å²) in [7, 11) is 0. The Kier molecular flexibility index (Phi) is 4.29. The zero-order valence-electron chi connectivity index (χ0n) is 13.0. The highest BCUT2D eigenvalue weighted by Crippen LogP contribution is 2.26. The van der Waals surface area contributed by atoms with Crippen LogP contribution < -0.4 is 0 Å². The van der Waals surface area contributed by atoms with Gasteiger partial charge in [0.2, 0.25) is 5.89 Å². The Morgan fingerprint density at radius 2 is 2.25 bits per heavy atom. The maximum atomic E-state index is 12.6. The smallest absolute Gasteiger partial charge is 0.340 e. The normalized spacial score (nSPS) is 18.3. The van der Waals surface area contributed by atoms with E-state index in [1.807, 2.05) is 0 Å². The number of hydrogen-bond donors (Lipinski definition) is 0. The van der Waals surface area contributed by atoms with Gasteiger partial charge in [-0.25, -0.2) is 0 Å². The van der Waals surface area contributed by atoms with Gasteiger partial charge in [0.15, 0.2) is 5.82 Å². The molecule has 1 atom stereocenters. The van der Waals surface area contributed by atoms with Crippen LogP contribution in [0, 0.1) is 6.92 Å². The molecule has 1 fully saturated rings. The van der Waals surface area contributed by atoms with Gasteiger partial charge in [-0.3, -0.25) is 9.48 Å². The fourth-order valence-electron chi connectivity index (χ4n) is 2.72. The van der Waals surface area contributed by atoms with Crippen LogP contribution in [0.15, 0.2) is 16.8 Å². The lowest BCUT2D eigenvalue weighted by Gasteiger charge is -2.17. The van der Waals surface area contributed by atoms with Gasteiger partial charge in [-0.2, -0.15) is 23.3 Å². The van der Waals surface area contributed by atoms with Gasteiger partial charge >= 0.3 is 6.18 Å². The first-order chi connectivity index (χ1) is 11.3. The number of rotatable bonds is 4. The van der Waals surface area contributed by atoms with Crippen LogP contribution in [-0.2, 0) is 6.54 Å². The Balaban J connectivity index is 1.66. The molecule has 1 saturated heterocycles. The summed E-state index contributed by atoms with van der Waals surface area (Å²) < 4.78 is 43.1. The van der Waals surface area contributed by atoms with Crippen molar-refractivity contribution in [3.8, 4) is 0 Å². The number of halogens is 3. The summed E-state index contributed by atoms with van der Waals surface area (Å²) in [6.45, 7) is 2.20. The third-order valence-electron chi connectivity index (χ3n) is 3.93. The SMILES string of the molecule is Cc1nc(C2CCN(C(=O)c3ccnn3CCC(F)(F)F)C2)no1. The number of aryl methyl sites for hydroxylation is 2. The van der Waals surface area contributed by atoms with Crippen LogP contribution >= 0.6 is 0 Å². The fourth-order valence-corrected chi connectivity index (χ4v) is 2.72. The molecule has 3 rings (SSSR count). The number of alkyl halides is 3. The second-order valence-corrected chi connectivity index (χ2v) is 5.71. The van der Waals surface area contributed by atoms with Crippen LogP contribution in [0.3, 0.4) is 0 Å². The molecule has 2 aromatic heterocycles. The van der Waals surface area contributed by atoms with Crippen LogP contribution in [0.25, 0.3) is 0 Å². The zero-order chi connectivity index (χ0) is 17.3. The quantitative estimate of drug-likeness (QED) is 0.850. The van der Waals surface area contributed by atoms with Crippen molar-refractivity contribution in [2.45, 2.75) is 38.4 Å². The van der Waals surface area contributed by atoms with Crippen molar-refractivity contribution in [1.82, 2.24) is 24.8 Å². The minimum Gasteiger partial charge on any atom is -0.340 e. The standard InChI is InChI=1S/C14H16F3N5O2/c1-9-19-12(20-24-9)10-3-6-21(8-10)13(23)11-2-5-18-22(11)7-4-14(15,16)17/h2,5,10H,3-4,6-8H2,1H3. The largest absolute Gasteiger partial charge is 0.390 e. The van der Waals surface area contributed by atoms with E-state index >= 15 is 0 Å². The molecule has 0 saturated carbocycles. The fraction of sp³-hybridized carbons (Fsp3) is 0.571. The maximum Gasteiger partial charge on any atom is 0.390 e. The van der Waals surface area contributed by atoms with Crippen molar-refractivity contribution < 1.29 is 22.5 Å². The summed E-state index contributed by atoms with van der Waals surface area (Å²) in [4.78, 5) is 18.3. The summed E-state index contributed by atoms with van der Waals surface area (Å²) in [5.74, 6) is 0.642. The molecule has 24 heavy (non-hydrogen) atoms. The Morgan fingerprint density at radius 1 is 1.46 bits per heavy atom. The lowest BCUT2D eigenvalue weighted by molar-refractivity contribution is -0.137. The molecule has 0 spiro atoms. The van der Waals surface area contributed by atoms with Crippen LogP contribution in [0.1, 0.15) is 41.0 Å². The number of carbonyl (C=O) groups excluding carboxylic acids is 1. The van der Waals surface area contributed by atoms with Gasteiger partial charge in [0.1, 0.15) is 5.69 Å². The van der Waals surface area contributed by atoms with E-state index in [0.717, 1.165) is 4.68 Å². The molecule has 0 aliphatic carbocycles. The highest BCUT2D eigenvalue weighted by Gasteiger charge is 2.33. The zero-order valence-corrected chi connectivity index (χ0v) is 13.0.